The Balaban J connectivity index is 2.37. The van der Waals surface area contributed by atoms with Gasteiger partial charge in [0, 0.05) is 15.1 Å². The van der Waals surface area contributed by atoms with E-state index in [0.717, 1.165) is 32.7 Å². The van der Waals surface area contributed by atoms with Crippen LogP contribution in [0.5, 0.6) is 11.5 Å². The van der Waals surface area contributed by atoms with Gasteiger partial charge in [0.25, 0.3) is 0 Å². The van der Waals surface area contributed by atoms with Gasteiger partial charge in [-0.2, -0.15) is 0 Å². The fourth-order valence-electron chi connectivity index (χ4n) is 2.11. The molecule has 2 aromatic carbocycles. The van der Waals surface area contributed by atoms with E-state index in [0.29, 0.717) is 18.0 Å². The van der Waals surface area contributed by atoms with Crippen LogP contribution in [0.2, 0.25) is 5.02 Å². The van der Waals surface area contributed by atoms with Crippen LogP contribution in [0.25, 0.3) is 0 Å². The monoisotopic (exact) mass is 353 g/mol. The predicted molar refractivity (Wildman–Crippen MR) is 87.9 cm³/mol. The quantitative estimate of drug-likeness (QED) is 0.837. The lowest BCUT2D eigenvalue weighted by molar-refractivity contribution is 0.475. The summed E-state index contributed by atoms with van der Waals surface area (Å²) in [6, 6.07) is 9.67. The molecule has 106 valence electrons. The summed E-state index contributed by atoms with van der Waals surface area (Å²) in [5, 5.41) is 0.693. The molecule has 0 heterocycles. The molecule has 0 spiro atoms. The van der Waals surface area contributed by atoms with Crippen LogP contribution >= 0.6 is 27.5 Å². The van der Waals surface area contributed by atoms with Crippen molar-refractivity contribution in [3.63, 3.8) is 0 Å². The zero-order valence-electron chi connectivity index (χ0n) is 11.5. The zero-order chi connectivity index (χ0) is 14.7. The Morgan fingerprint density at radius 1 is 1.20 bits per heavy atom. The van der Waals surface area contributed by atoms with Crippen molar-refractivity contribution >= 4 is 27.5 Å². The third kappa shape index (κ3) is 3.35. The Hall–Kier alpha value is -1.03. The molecule has 0 fully saturated rings. The first-order valence-corrected chi connectivity index (χ1v) is 7.62. The summed E-state index contributed by atoms with van der Waals surface area (Å²) in [4.78, 5) is 0. The third-order valence-electron chi connectivity index (χ3n) is 3.11. The SMILES string of the molecule is Cc1cc(Oc2cccc(Cl)c2CCN)cc(C)c1Br. The standard InChI is InChI=1S/C16H17BrClNO/c1-10-8-12(9-11(2)16(10)17)20-15-5-3-4-14(18)13(15)6-7-19/h3-5,8-9H,6-7,19H2,1-2H3. The highest BCUT2D eigenvalue weighted by atomic mass is 79.9. The van der Waals surface area contributed by atoms with Crippen LogP contribution in [-0.4, -0.2) is 6.54 Å². The Bertz CT molecular complexity index is 605. The number of ether oxygens (including phenoxy) is 1. The van der Waals surface area contributed by atoms with Crippen molar-refractivity contribution < 1.29 is 4.74 Å². The lowest BCUT2D eigenvalue weighted by Crippen LogP contribution is -2.04. The number of rotatable bonds is 4. The van der Waals surface area contributed by atoms with Crippen molar-refractivity contribution in [1.82, 2.24) is 0 Å². The highest BCUT2D eigenvalue weighted by Crippen LogP contribution is 2.33. The minimum atomic E-state index is 0.540. The molecule has 2 nitrogen and oxygen atoms in total. The van der Waals surface area contributed by atoms with Crippen LogP contribution in [0, 0.1) is 13.8 Å². The molecular weight excluding hydrogens is 338 g/mol. The molecule has 2 rings (SSSR count). The van der Waals surface area contributed by atoms with E-state index in [1.54, 1.807) is 0 Å². The number of hydrogen-bond donors (Lipinski definition) is 1. The van der Waals surface area contributed by atoms with Crippen molar-refractivity contribution in [2.24, 2.45) is 5.73 Å². The molecule has 0 atom stereocenters. The first kappa shape index (κ1) is 15.4. The van der Waals surface area contributed by atoms with Crippen molar-refractivity contribution in [3.05, 3.63) is 56.5 Å². The minimum Gasteiger partial charge on any atom is -0.457 e. The number of hydrogen-bond acceptors (Lipinski definition) is 2. The summed E-state index contributed by atoms with van der Waals surface area (Å²) in [7, 11) is 0. The molecule has 0 aliphatic rings. The van der Waals surface area contributed by atoms with Crippen molar-refractivity contribution in [2.45, 2.75) is 20.3 Å². The Kier molecular flexibility index (Phi) is 5.08. The maximum atomic E-state index is 6.22. The Labute approximate surface area is 133 Å². The van der Waals surface area contributed by atoms with Crippen LogP contribution in [0.1, 0.15) is 16.7 Å². The van der Waals surface area contributed by atoms with Gasteiger partial charge in [-0.1, -0.05) is 33.6 Å². The van der Waals surface area contributed by atoms with E-state index < -0.39 is 0 Å². The third-order valence-corrected chi connectivity index (χ3v) is 4.71. The van der Waals surface area contributed by atoms with E-state index in [-0.39, 0.29) is 0 Å². The van der Waals surface area contributed by atoms with E-state index in [1.807, 2.05) is 44.2 Å². The number of halogens is 2. The van der Waals surface area contributed by atoms with Gasteiger partial charge in [-0.15, -0.1) is 0 Å². The molecule has 0 radical (unpaired) electrons. The molecule has 0 saturated heterocycles. The lowest BCUT2D eigenvalue weighted by atomic mass is 10.1. The normalized spacial score (nSPS) is 10.7. The van der Waals surface area contributed by atoms with Crippen LogP contribution in [-0.2, 0) is 6.42 Å². The predicted octanol–water partition coefficient (Wildman–Crippen LogP) is 5.01. The lowest BCUT2D eigenvalue weighted by Gasteiger charge is -2.14. The van der Waals surface area contributed by atoms with Gasteiger partial charge in [0.05, 0.1) is 0 Å². The summed E-state index contributed by atoms with van der Waals surface area (Å²) >= 11 is 9.78. The van der Waals surface area contributed by atoms with Crippen molar-refractivity contribution in [2.75, 3.05) is 6.54 Å². The topological polar surface area (TPSA) is 35.2 Å². The molecule has 2 aromatic rings. The summed E-state index contributed by atoms with van der Waals surface area (Å²) in [6.07, 6.45) is 0.698. The minimum absolute atomic E-state index is 0.540. The molecule has 0 aliphatic heterocycles. The molecule has 0 aromatic heterocycles. The second-order valence-electron chi connectivity index (χ2n) is 4.73. The number of nitrogens with two attached hydrogens (primary N) is 1. The average Bonchev–Trinajstić information content (AvgIpc) is 2.40. The number of aryl methyl sites for hydroxylation is 2. The Morgan fingerprint density at radius 3 is 2.45 bits per heavy atom. The summed E-state index contributed by atoms with van der Waals surface area (Å²) in [5.74, 6) is 1.58. The first-order chi connectivity index (χ1) is 9.52. The van der Waals surface area contributed by atoms with E-state index in [4.69, 9.17) is 22.1 Å². The van der Waals surface area contributed by atoms with Crippen LogP contribution < -0.4 is 10.5 Å². The number of benzene rings is 2. The van der Waals surface area contributed by atoms with Crippen LogP contribution in [0.15, 0.2) is 34.8 Å². The highest BCUT2D eigenvalue weighted by Gasteiger charge is 2.10. The molecular formula is C16H17BrClNO. The Morgan fingerprint density at radius 2 is 1.85 bits per heavy atom. The molecule has 0 unspecified atom stereocenters. The van der Waals surface area contributed by atoms with Gasteiger partial charge in [-0.25, -0.2) is 0 Å². The summed E-state index contributed by atoms with van der Waals surface area (Å²) < 4.78 is 7.11. The van der Waals surface area contributed by atoms with Crippen molar-refractivity contribution in [1.29, 1.82) is 0 Å². The maximum absolute atomic E-state index is 6.22. The van der Waals surface area contributed by atoms with Crippen LogP contribution in [0.4, 0.5) is 0 Å². The molecule has 0 amide bonds. The van der Waals surface area contributed by atoms with E-state index in [9.17, 15) is 0 Å². The van der Waals surface area contributed by atoms with Gasteiger partial charge in [0.2, 0.25) is 0 Å². The summed E-state index contributed by atoms with van der Waals surface area (Å²) in [6.45, 7) is 4.63. The highest BCUT2D eigenvalue weighted by molar-refractivity contribution is 9.10. The van der Waals surface area contributed by atoms with Gasteiger partial charge in [0.1, 0.15) is 11.5 Å². The average molecular weight is 355 g/mol. The molecule has 4 heteroatoms. The van der Waals surface area contributed by atoms with E-state index in [1.165, 1.54) is 0 Å². The molecule has 0 bridgehead atoms. The molecule has 0 saturated carbocycles. The van der Waals surface area contributed by atoms with Gasteiger partial charge in [-0.3, -0.25) is 0 Å². The van der Waals surface area contributed by atoms with E-state index in [2.05, 4.69) is 15.9 Å². The van der Waals surface area contributed by atoms with Gasteiger partial charge >= 0.3 is 0 Å². The fourth-order valence-corrected chi connectivity index (χ4v) is 2.60. The second kappa shape index (κ2) is 6.61. The molecule has 0 aliphatic carbocycles. The van der Waals surface area contributed by atoms with Crippen molar-refractivity contribution in [3.8, 4) is 11.5 Å². The van der Waals surface area contributed by atoms with E-state index >= 15 is 0 Å². The van der Waals surface area contributed by atoms with Gasteiger partial charge < -0.3 is 10.5 Å². The smallest absolute Gasteiger partial charge is 0.132 e. The van der Waals surface area contributed by atoms with Gasteiger partial charge in [-0.05, 0) is 62.2 Å². The fraction of sp³-hybridized carbons (Fsp3) is 0.250. The molecule has 2 N–H and O–H groups in total. The summed E-state index contributed by atoms with van der Waals surface area (Å²) in [5.41, 5.74) is 8.88. The van der Waals surface area contributed by atoms with Gasteiger partial charge in [0.15, 0.2) is 0 Å². The first-order valence-electron chi connectivity index (χ1n) is 6.45. The second-order valence-corrected chi connectivity index (χ2v) is 5.93. The maximum Gasteiger partial charge on any atom is 0.132 e. The van der Waals surface area contributed by atoms with Crippen LogP contribution in [0.3, 0.4) is 0 Å². The largest absolute Gasteiger partial charge is 0.457 e. The zero-order valence-corrected chi connectivity index (χ0v) is 13.9. The molecule has 20 heavy (non-hydrogen) atoms.